The van der Waals surface area contributed by atoms with Crippen molar-refractivity contribution in [1.29, 1.82) is 0 Å². The normalized spacial score (nSPS) is 8.31. The molecular weight excluding hydrogens is 166 g/mol. The number of rotatable bonds is 2. The van der Waals surface area contributed by atoms with E-state index < -0.39 is 0 Å². The van der Waals surface area contributed by atoms with Gasteiger partial charge in [0.2, 0.25) is 0 Å². The fourth-order valence-electron chi connectivity index (χ4n) is 0.732. The molecule has 0 N–H and O–H groups in total. The van der Waals surface area contributed by atoms with Crippen LogP contribution in [0.4, 0.5) is 0 Å². The van der Waals surface area contributed by atoms with Crippen LogP contribution >= 0.6 is 0 Å². The summed E-state index contributed by atoms with van der Waals surface area (Å²) in [6.07, 6.45) is 3.09. The van der Waals surface area contributed by atoms with E-state index in [0.717, 1.165) is 12.6 Å². The Hall–Kier alpha value is -1.95. The van der Waals surface area contributed by atoms with Gasteiger partial charge in [0.05, 0.1) is 6.42 Å². The van der Waals surface area contributed by atoms with Crippen LogP contribution < -0.4 is 0 Å². The van der Waals surface area contributed by atoms with Crippen LogP contribution in [0.1, 0.15) is 22.5 Å². The third kappa shape index (κ3) is 2.88. The van der Waals surface area contributed by atoms with Gasteiger partial charge >= 0.3 is 0 Å². The van der Waals surface area contributed by atoms with Crippen molar-refractivity contribution in [3.8, 4) is 11.8 Å². The van der Waals surface area contributed by atoms with Crippen LogP contribution in [0.15, 0.2) is 18.3 Å². The van der Waals surface area contributed by atoms with Gasteiger partial charge in [-0.2, -0.15) is 0 Å². The molecule has 0 aliphatic heterocycles. The fourth-order valence-corrected chi connectivity index (χ4v) is 0.732. The zero-order chi connectivity index (χ0) is 9.52. The molecule has 64 valence electrons. The minimum Gasteiger partial charge on any atom is -0.302 e. The molecule has 0 spiro atoms. The topological polar surface area (TPSA) is 47.0 Å². The van der Waals surface area contributed by atoms with Crippen molar-refractivity contribution in [2.45, 2.75) is 6.42 Å². The first-order chi connectivity index (χ1) is 6.36. The second kappa shape index (κ2) is 4.83. The number of aldehydes is 2. The maximum Gasteiger partial charge on any atom is 0.151 e. The molecule has 0 atom stereocenters. The Labute approximate surface area is 75.8 Å². The zero-order valence-electron chi connectivity index (χ0n) is 6.86. The molecule has 1 aromatic rings. The highest BCUT2D eigenvalue weighted by atomic mass is 16.1. The van der Waals surface area contributed by atoms with Crippen LogP contribution in [0.25, 0.3) is 0 Å². The number of hydrogen-bond donors (Lipinski definition) is 0. The monoisotopic (exact) mass is 173 g/mol. The first kappa shape index (κ1) is 9.14. The highest BCUT2D eigenvalue weighted by molar-refractivity contribution is 5.74. The minimum atomic E-state index is 0.205. The summed E-state index contributed by atoms with van der Waals surface area (Å²) in [6.45, 7) is 0. The predicted molar refractivity (Wildman–Crippen MR) is 47.2 cm³/mol. The molecule has 3 nitrogen and oxygen atoms in total. The van der Waals surface area contributed by atoms with Crippen LogP contribution in [0, 0.1) is 11.8 Å². The van der Waals surface area contributed by atoms with Gasteiger partial charge in [0.15, 0.2) is 6.29 Å². The molecule has 0 radical (unpaired) electrons. The van der Waals surface area contributed by atoms with Crippen LogP contribution in [0.3, 0.4) is 0 Å². The van der Waals surface area contributed by atoms with Crippen LogP contribution in [0.2, 0.25) is 0 Å². The summed E-state index contributed by atoms with van der Waals surface area (Å²) in [5.41, 5.74) is 1.08. The molecule has 13 heavy (non-hydrogen) atoms. The van der Waals surface area contributed by atoms with Gasteiger partial charge in [-0.15, -0.1) is 0 Å². The highest BCUT2D eigenvalue weighted by Gasteiger charge is 1.89. The van der Waals surface area contributed by atoms with Crippen LogP contribution in [0.5, 0.6) is 0 Å². The molecule has 3 heteroatoms. The maximum atomic E-state index is 10.3. The van der Waals surface area contributed by atoms with Gasteiger partial charge in [-0.1, -0.05) is 5.92 Å². The lowest BCUT2D eigenvalue weighted by Crippen LogP contribution is -1.85. The molecule has 0 fully saturated rings. The summed E-state index contributed by atoms with van der Waals surface area (Å²) in [6, 6.07) is 3.27. The van der Waals surface area contributed by atoms with Crippen molar-refractivity contribution in [2.75, 3.05) is 0 Å². The molecule has 0 aliphatic carbocycles. The Morgan fingerprint density at radius 2 is 2.23 bits per heavy atom. The SMILES string of the molecule is O=CCC#Cc1ccc(C=O)cn1. The lowest BCUT2D eigenvalue weighted by Gasteiger charge is -1.89. The summed E-state index contributed by atoms with van der Waals surface area (Å²) in [5, 5.41) is 0. The van der Waals surface area contributed by atoms with Crippen molar-refractivity contribution >= 4 is 12.6 Å². The van der Waals surface area contributed by atoms with E-state index in [1.165, 1.54) is 6.20 Å². The minimum absolute atomic E-state index is 0.205. The number of nitrogens with zero attached hydrogens (tertiary/aromatic N) is 1. The second-order valence-electron chi connectivity index (χ2n) is 2.27. The predicted octanol–water partition coefficient (Wildman–Crippen LogP) is 0.835. The van der Waals surface area contributed by atoms with Crippen LogP contribution in [-0.4, -0.2) is 17.6 Å². The molecule has 0 aliphatic rings. The van der Waals surface area contributed by atoms with Crippen molar-refractivity contribution < 1.29 is 9.59 Å². The van der Waals surface area contributed by atoms with E-state index in [4.69, 9.17) is 0 Å². The van der Waals surface area contributed by atoms with Gasteiger partial charge in [-0.3, -0.25) is 4.79 Å². The van der Waals surface area contributed by atoms with Gasteiger partial charge in [0.1, 0.15) is 12.0 Å². The fraction of sp³-hybridized carbons (Fsp3) is 0.100. The number of pyridine rings is 1. The number of aromatic nitrogens is 1. The van der Waals surface area contributed by atoms with Crippen LogP contribution in [-0.2, 0) is 4.79 Å². The average molecular weight is 173 g/mol. The quantitative estimate of drug-likeness (QED) is 0.491. The molecule has 0 amide bonds. The molecule has 1 heterocycles. The van der Waals surface area contributed by atoms with E-state index >= 15 is 0 Å². The number of carbonyl (C=O) groups is 2. The molecular formula is C10H7NO2. The molecule has 0 aromatic carbocycles. The summed E-state index contributed by atoms with van der Waals surface area (Å²) >= 11 is 0. The molecule has 1 rings (SSSR count). The average Bonchev–Trinajstić information content (AvgIpc) is 2.19. The third-order valence-electron chi connectivity index (χ3n) is 1.32. The van der Waals surface area contributed by atoms with Gasteiger partial charge in [0, 0.05) is 11.8 Å². The Bertz CT molecular complexity index is 357. The highest BCUT2D eigenvalue weighted by Crippen LogP contribution is 1.95. The van der Waals surface area contributed by atoms with Crippen molar-refractivity contribution in [2.24, 2.45) is 0 Å². The van der Waals surface area contributed by atoms with Gasteiger partial charge in [0.25, 0.3) is 0 Å². The van der Waals surface area contributed by atoms with E-state index in [0.29, 0.717) is 11.3 Å². The number of hydrogen-bond acceptors (Lipinski definition) is 3. The van der Waals surface area contributed by atoms with Gasteiger partial charge in [-0.25, -0.2) is 4.98 Å². The lowest BCUT2D eigenvalue weighted by atomic mass is 10.2. The van der Waals surface area contributed by atoms with Crippen molar-refractivity contribution in [1.82, 2.24) is 4.98 Å². The van der Waals surface area contributed by atoms with E-state index in [2.05, 4.69) is 16.8 Å². The number of carbonyl (C=O) groups excluding carboxylic acids is 2. The Balaban J connectivity index is 2.76. The largest absolute Gasteiger partial charge is 0.302 e. The zero-order valence-corrected chi connectivity index (χ0v) is 6.86. The standard InChI is InChI=1S/C10H7NO2/c12-6-2-1-3-10-5-4-9(8-13)7-11-10/h4-8H,2H2. The maximum absolute atomic E-state index is 10.3. The Kier molecular flexibility index (Phi) is 3.40. The molecule has 0 unspecified atom stereocenters. The van der Waals surface area contributed by atoms with E-state index in [1.807, 2.05) is 0 Å². The van der Waals surface area contributed by atoms with E-state index in [1.54, 1.807) is 12.1 Å². The third-order valence-corrected chi connectivity index (χ3v) is 1.32. The molecule has 0 saturated heterocycles. The first-order valence-electron chi connectivity index (χ1n) is 3.70. The molecule has 1 aromatic heterocycles. The van der Waals surface area contributed by atoms with E-state index in [-0.39, 0.29) is 6.42 Å². The van der Waals surface area contributed by atoms with E-state index in [9.17, 15) is 9.59 Å². The lowest BCUT2D eigenvalue weighted by molar-refractivity contribution is -0.107. The summed E-state index contributed by atoms with van der Waals surface area (Å²) in [5.74, 6) is 5.31. The first-order valence-corrected chi connectivity index (χ1v) is 3.70. The van der Waals surface area contributed by atoms with Crippen molar-refractivity contribution in [3.63, 3.8) is 0 Å². The second-order valence-corrected chi connectivity index (χ2v) is 2.27. The van der Waals surface area contributed by atoms with Gasteiger partial charge in [-0.05, 0) is 18.1 Å². The summed E-state index contributed by atoms with van der Waals surface area (Å²) in [7, 11) is 0. The Morgan fingerprint density at radius 3 is 2.77 bits per heavy atom. The smallest absolute Gasteiger partial charge is 0.151 e. The Morgan fingerprint density at radius 1 is 1.38 bits per heavy atom. The van der Waals surface area contributed by atoms with Gasteiger partial charge < -0.3 is 4.79 Å². The molecule has 0 saturated carbocycles. The summed E-state index contributed by atoms with van der Waals surface area (Å²) < 4.78 is 0. The van der Waals surface area contributed by atoms with Crippen molar-refractivity contribution in [3.05, 3.63) is 29.6 Å². The summed E-state index contributed by atoms with van der Waals surface area (Å²) in [4.78, 5) is 24.1. The molecule has 0 bridgehead atoms.